The Kier molecular flexibility index (Phi) is 10.2. The summed E-state index contributed by atoms with van der Waals surface area (Å²) in [6, 6.07) is 13.9. The van der Waals surface area contributed by atoms with E-state index in [4.69, 9.17) is 25.8 Å². The van der Waals surface area contributed by atoms with Crippen molar-refractivity contribution in [3.63, 3.8) is 0 Å². The second-order valence-corrected chi connectivity index (χ2v) is 10.5. The third kappa shape index (κ3) is 7.69. The number of hydrogen-bond acceptors (Lipinski definition) is 7. The normalized spacial score (nSPS) is 11.1. The van der Waals surface area contributed by atoms with Crippen LogP contribution in [0.5, 0.6) is 5.75 Å². The lowest BCUT2D eigenvalue weighted by Crippen LogP contribution is -2.39. The number of anilines is 1. The molecule has 3 aromatic rings. The summed E-state index contributed by atoms with van der Waals surface area (Å²) in [7, 11) is 3.08. The lowest BCUT2D eigenvalue weighted by Gasteiger charge is -2.24. The van der Waals surface area contributed by atoms with E-state index in [1.807, 2.05) is 6.07 Å². The number of para-hydroxylation sites is 1. The number of likely N-dealkylation sites (N-methyl/N-ethyl adjacent to an activating group) is 1. The molecule has 1 heterocycles. The Morgan fingerprint density at radius 2 is 1.73 bits per heavy atom. The number of amides is 3. The molecule has 0 saturated heterocycles. The molecule has 1 N–H and O–H groups in total. The Bertz CT molecular complexity index is 1470. The van der Waals surface area contributed by atoms with Crippen molar-refractivity contribution in [2.75, 3.05) is 38.4 Å². The number of rotatable bonds is 9. The van der Waals surface area contributed by atoms with Crippen LogP contribution in [-0.4, -0.2) is 66.6 Å². The Morgan fingerprint density at radius 1 is 1.05 bits per heavy atom. The highest BCUT2D eigenvalue weighted by molar-refractivity contribution is 6.36. The zero-order valence-electron chi connectivity index (χ0n) is 24.0. The van der Waals surface area contributed by atoms with Gasteiger partial charge >= 0.3 is 12.2 Å². The van der Waals surface area contributed by atoms with Gasteiger partial charge in [0.2, 0.25) is 6.79 Å². The van der Waals surface area contributed by atoms with Gasteiger partial charge in [-0.1, -0.05) is 35.9 Å². The number of carbonyl (C=O) groups is 3. The number of benzene rings is 2. The maximum Gasteiger partial charge on any atom is 0.410 e. The molecule has 0 atom stereocenters. The SMILES string of the molecule is CCN(C(=O)c1c(OCOC(=O)NCCN(C)C(=O)OC(C)(C)C)c2c(Cl)cccc2n(C)c1=O)c1ccccc1. The Morgan fingerprint density at radius 3 is 2.37 bits per heavy atom. The Hall–Kier alpha value is -4.25. The molecule has 0 aliphatic rings. The van der Waals surface area contributed by atoms with Crippen LogP contribution in [0.15, 0.2) is 53.3 Å². The third-order valence-corrected chi connectivity index (χ3v) is 6.30. The predicted molar refractivity (Wildman–Crippen MR) is 157 cm³/mol. The molecule has 0 radical (unpaired) electrons. The summed E-state index contributed by atoms with van der Waals surface area (Å²) in [4.78, 5) is 54.4. The van der Waals surface area contributed by atoms with Crippen molar-refractivity contribution < 1.29 is 28.6 Å². The van der Waals surface area contributed by atoms with Gasteiger partial charge in [0.1, 0.15) is 11.2 Å². The van der Waals surface area contributed by atoms with E-state index in [2.05, 4.69) is 5.32 Å². The summed E-state index contributed by atoms with van der Waals surface area (Å²) < 4.78 is 17.5. The molecule has 0 aliphatic carbocycles. The van der Waals surface area contributed by atoms with Gasteiger partial charge in [-0.15, -0.1) is 0 Å². The monoisotopic (exact) mass is 586 g/mol. The molecule has 0 spiro atoms. The second kappa shape index (κ2) is 13.4. The maximum atomic E-state index is 13.8. The molecule has 220 valence electrons. The summed E-state index contributed by atoms with van der Waals surface area (Å²) in [6.07, 6.45) is -1.35. The van der Waals surface area contributed by atoms with Gasteiger partial charge in [-0.25, -0.2) is 9.59 Å². The summed E-state index contributed by atoms with van der Waals surface area (Å²) >= 11 is 6.52. The number of pyridine rings is 1. The second-order valence-electron chi connectivity index (χ2n) is 10.1. The van der Waals surface area contributed by atoms with Crippen molar-refractivity contribution in [1.82, 2.24) is 14.8 Å². The van der Waals surface area contributed by atoms with Crippen molar-refractivity contribution >= 4 is 46.3 Å². The van der Waals surface area contributed by atoms with E-state index in [1.165, 1.54) is 14.4 Å². The van der Waals surface area contributed by atoms with Crippen LogP contribution in [0.1, 0.15) is 38.1 Å². The third-order valence-electron chi connectivity index (χ3n) is 5.98. The van der Waals surface area contributed by atoms with Gasteiger partial charge in [0.05, 0.1) is 15.9 Å². The highest BCUT2D eigenvalue weighted by Crippen LogP contribution is 2.34. The van der Waals surface area contributed by atoms with E-state index in [0.717, 1.165) is 0 Å². The molecule has 0 saturated carbocycles. The molecule has 2 aromatic carbocycles. The molecule has 0 unspecified atom stereocenters. The van der Waals surface area contributed by atoms with Crippen molar-refractivity contribution in [3.05, 3.63) is 69.5 Å². The zero-order chi connectivity index (χ0) is 30.3. The van der Waals surface area contributed by atoms with E-state index < -0.39 is 36.0 Å². The number of fused-ring (bicyclic) bond motifs is 1. The minimum atomic E-state index is -0.825. The van der Waals surface area contributed by atoms with Crippen LogP contribution in [0.2, 0.25) is 5.02 Å². The van der Waals surface area contributed by atoms with E-state index >= 15 is 0 Å². The van der Waals surface area contributed by atoms with E-state index in [-0.39, 0.29) is 36.0 Å². The lowest BCUT2D eigenvalue weighted by atomic mass is 10.1. The molecule has 11 nitrogen and oxygen atoms in total. The zero-order valence-corrected chi connectivity index (χ0v) is 24.8. The Balaban J connectivity index is 1.81. The van der Waals surface area contributed by atoms with E-state index in [1.54, 1.807) is 84.3 Å². The molecule has 12 heteroatoms. The fraction of sp³-hybridized carbons (Fsp3) is 0.379. The number of carbonyl (C=O) groups excluding carboxylic acids is 3. The summed E-state index contributed by atoms with van der Waals surface area (Å²) in [6.45, 7) is 6.99. The van der Waals surface area contributed by atoms with Gasteiger partial charge in [-0.3, -0.25) is 9.59 Å². The topological polar surface area (TPSA) is 119 Å². The number of halogens is 1. The summed E-state index contributed by atoms with van der Waals surface area (Å²) in [5, 5.41) is 3.09. The number of ether oxygens (including phenoxy) is 3. The van der Waals surface area contributed by atoms with Crippen LogP contribution in [-0.2, 0) is 16.5 Å². The minimum Gasteiger partial charge on any atom is -0.455 e. The minimum absolute atomic E-state index is 0.0848. The molecule has 0 bridgehead atoms. The van der Waals surface area contributed by atoms with Crippen molar-refractivity contribution in [1.29, 1.82) is 0 Å². The van der Waals surface area contributed by atoms with Gasteiger partial charge in [0, 0.05) is 39.4 Å². The van der Waals surface area contributed by atoms with Gasteiger partial charge < -0.3 is 33.9 Å². The quantitative estimate of drug-likeness (QED) is 0.358. The van der Waals surface area contributed by atoms with Crippen LogP contribution in [0.4, 0.5) is 15.3 Å². The molecule has 1 aromatic heterocycles. The van der Waals surface area contributed by atoms with Crippen molar-refractivity contribution in [2.24, 2.45) is 7.05 Å². The standard InChI is InChI=1S/C29H35ClN4O7/c1-7-34(19-12-9-8-10-13-19)26(36)23-24(22-20(30)14-11-15-21(22)33(6)25(23)35)39-18-40-27(37)31-16-17-32(5)28(38)41-29(2,3)4/h8-15H,7,16-18H2,1-6H3,(H,31,37). The highest BCUT2D eigenvalue weighted by atomic mass is 35.5. The highest BCUT2D eigenvalue weighted by Gasteiger charge is 2.28. The van der Waals surface area contributed by atoms with Crippen LogP contribution >= 0.6 is 11.6 Å². The number of hydrogen-bond donors (Lipinski definition) is 1. The van der Waals surface area contributed by atoms with Crippen LogP contribution < -0.4 is 20.5 Å². The maximum absolute atomic E-state index is 13.8. The average molecular weight is 587 g/mol. The first kappa shape index (κ1) is 31.3. The van der Waals surface area contributed by atoms with Gasteiger partial charge in [0.25, 0.3) is 11.5 Å². The summed E-state index contributed by atoms with van der Waals surface area (Å²) in [5.74, 6) is -0.684. The first-order chi connectivity index (χ1) is 19.4. The number of alkyl carbamates (subject to hydrolysis) is 1. The molecule has 3 rings (SSSR count). The fourth-order valence-electron chi connectivity index (χ4n) is 3.99. The van der Waals surface area contributed by atoms with Gasteiger partial charge in [0.15, 0.2) is 5.75 Å². The molecule has 3 amide bonds. The van der Waals surface area contributed by atoms with E-state index in [9.17, 15) is 19.2 Å². The lowest BCUT2D eigenvalue weighted by molar-refractivity contribution is 0.0292. The average Bonchev–Trinajstić information content (AvgIpc) is 2.91. The van der Waals surface area contributed by atoms with Gasteiger partial charge in [-0.05, 0) is 52.0 Å². The molecule has 0 fully saturated rings. The fourth-order valence-corrected chi connectivity index (χ4v) is 4.24. The number of aryl methyl sites for hydroxylation is 1. The molecular weight excluding hydrogens is 552 g/mol. The first-order valence-electron chi connectivity index (χ1n) is 13.0. The molecular formula is C29H35ClN4O7. The van der Waals surface area contributed by atoms with Crippen molar-refractivity contribution in [3.8, 4) is 5.75 Å². The smallest absolute Gasteiger partial charge is 0.410 e. The Labute approximate surface area is 243 Å². The largest absolute Gasteiger partial charge is 0.455 e. The van der Waals surface area contributed by atoms with Crippen LogP contribution in [0.25, 0.3) is 10.9 Å². The van der Waals surface area contributed by atoms with Gasteiger partial charge in [-0.2, -0.15) is 0 Å². The van der Waals surface area contributed by atoms with Crippen LogP contribution in [0, 0.1) is 0 Å². The number of aromatic nitrogens is 1. The van der Waals surface area contributed by atoms with Crippen molar-refractivity contribution in [2.45, 2.75) is 33.3 Å². The van der Waals surface area contributed by atoms with Crippen LogP contribution in [0.3, 0.4) is 0 Å². The predicted octanol–water partition coefficient (Wildman–Crippen LogP) is 4.79. The first-order valence-corrected chi connectivity index (χ1v) is 13.4. The number of nitrogens with zero attached hydrogens (tertiary/aromatic N) is 3. The molecule has 0 aliphatic heterocycles. The summed E-state index contributed by atoms with van der Waals surface area (Å²) in [5.41, 5.74) is -0.452. The molecule has 41 heavy (non-hydrogen) atoms. The number of nitrogens with one attached hydrogen (secondary N) is 1. The van der Waals surface area contributed by atoms with E-state index in [0.29, 0.717) is 16.6 Å².